The Hall–Kier alpha value is -2.67. The standard InChI is InChI=1S/C15H11BrN4O2/c16-10-4-2-5-11(8-10)17-19-14-13(18-20-15(14)22)9-3-1-6-12(21)7-9/h1-8,21H,(H2,18,20,22). The smallest absolute Gasteiger partial charge is 0.292 e. The second-order valence-corrected chi connectivity index (χ2v) is 5.45. The summed E-state index contributed by atoms with van der Waals surface area (Å²) in [5.41, 5.74) is 1.51. The van der Waals surface area contributed by atoms with E-state index in [1.165, 1.54) is 6.07 Å². The average Bonchev–Trinajstić information content (AvgIpc) is 2.86. The lowest BCUT2D eigenvalue weighted by atomic mass is 10.1. The van der Waals surface area contributed by atoms with E-state index in [1.54, 1.807) is 30.3 Å². The van der Waals surface area contributed by atoms with Crippen molar-refractivity contribution in [3.63, 3.8) is 0 Å². The van der Waals surface area contributed by atoms with Crippen LogP contribution in [0.3, 0.4) is 0 Å². The van der Waals surface area contributed by atoms with E-state index in [2.05, 4.69) is 36.4 Å². The summed E-state index contributed by atoms with van der Waals surface area (Å²) < 4.78 is 0.875. The lowest BCUT2D eigenvalue weighted by Crippen LogP contribution is -1.96. The van der Waals surface area contributed by atoms with Crippen molar-refractivity contribution in [1.29, 1.82) is 0 Å². The Kier molecular flexibility index (Phi) is 3.88. The SMILES string of the molecule is O=c1[nH][nH]c(-c2cccc(O)c2)c1N=Nc1cccc(Br)c1. The van der Waals surface area contributed by atoms with E-state index in [9.17, 15) is 9.90 Å². The van der Waals surface area contributed by atoms with Crippen molar-refractivity contribution in [2.45, 2.75) is 0 Å². The van der Waals surface area contributed by atoms with Crippen LogP contribution in [0.1, 0.15) is 0 Å². The number of nitrogens with one attached hydrogen (secondary N) is 2. The maximum absolute atomic E-state index is 11.9. The first kappa shape index (κ1) is 14.3. The Morgan fingerprint density at radius 1 is 1.00 bits per heavy atom. The number of phenols is 1. The first-order valence-corrected chi connectivity index (χ1v) is 7.20. The topological polar surface area (TPSA) is 93.6 Å². The van der Waals surface area contributed by atoms with Crippen molar-refractivity contribution in [3.8, 4) is 17.0 Å². The molecule has 110 valence electrons. The third-order valence-corrected chi connectivity index (χ3v) is 3.45. The Morgan fingerprint density at radius 3 is 2.59 bits per heavy atom. The van der Waals surface area contributed by atoms with Gasteiger partial charge in [-0.3, -0.25) is 15.0 Å². The normalized spacial score (nSPS) is 11.1. The van der Waals surface area contributed by atoms with Crippen molar-refractivity contribution in [2.24, 2.45) is 10.2 Å². The fourth-order valence-corrected chi connectivity index (χ4v) is 2.35. The summed E-state index contributed by atoms with van der Waals surface area (Å²) in [5, 5.41) is 22.9. The highest BCUT2D eigenvalue weighted by atomic mass is 79.9. The van der Waals surface area contributed by atoms with E-state index in [0.29, 0.717) is 16.9 Å². The Bertz CT molecular complexity index is 898. The number of hydrogen-bond donors (Lipinski definition) is 3. The van der Waals surface area contributed by atoms with Crippen molar-refractivity contribution in [1.82, 2.24) is 10.2 Å². The van der Waals surface area contributed by atoms with Crippen molar-refractivity contribution >= 4 is 27.3 Å². The van der Waals surface area contributed by atoms with Gasteiger partial charge < -0.3 is 5.11 Å². The van der Waals surface area contributed by atoms with Crippen LogP contribution in [0, 0.1) is 0 Å². The van der Waals surface area contributed by atoms with Gasteiger partial charge in [0.15, 0.2) is 5.69 Å². The molecule has 6 nitrogen and oxygen atoms in total. The molecule has 0 bridgehead atoms. The van der Waals surface area contributed by atoms with Gasteiger partial charge in [-0.2, -0.15) is 5.11 Å². The van der Waals surface area contributed by atoms with Gasteiger partial charge in [-0.05, 0) is 30.3 Å². The number of nitrogens with zero attached hydrogens (tertiary/aromatic N) is 2. The number of azo groups is 1. The zero-order chi connectivity index (χ0) is 15.5. The number of halogens is 1. The van der Waals surface area contributed by atoms with Crippen LogP contribution in [-0.4, -0.2) is 15.3 Å². The largest absolute Gasteiger partial charge is 0.508 e. The molecular formula is C15H11BrN4O2. The molecule has 3 rings (SSSR count). The highest BCUT2D eigenvalue weighted by molar-refractivity contribution is 9.10. The van der Waals surface area contributed by atoms with Gasteiger partial charge in [-0.1, -0.05) is 34.1 Å². The molecule has 0 fully saturated rings. The number of rotatable bonds is 3. The monoisotopic (exact) mass is 358 g/mol. The van der Waals surface area contributed by atoms with Gasteiger partial charge in [-0.15, -0.1) is 5.11 Å². The molecule has 0 spiro atoms. The highest BCUT2D eigenvalue weighted by Crippen LogP contribution is 2.28. The first-order chi connectivity index (χ1) is 10.6. The van der Waals surface area contributed by atoms with E-state index < -0.39 is 0 Å². The molecule has 0 unspecified atom stereocenters. The van der Waals surface area contributed by atoms with Gasteiger partial charge in [0, 0.05) is 10.0 Å². The summed E-state index contributed by atoms with van der Waals surface area (Å²) in [7, 11) is 0. The summed E-state index contributed by atoms with van der Waals surface area (Å²) in [6, 6.07) is 13.8. The molecule has 0 saturated heterocycles. The molecular weight excluding hydrogens is 348 g/mol. The third-order valence-electron chi connectivity index (χ3n) is 2.96. The maximum atomic E-state index is 11.9. The number of H-pyrrole nitrogens is 2. The molecule has 1 heterocycles. The molecule has 1 aromatic heterocycles. The van der Waals surface area contributed by atoms with Crippen LogP contribution >= 0.6 is 15.9 Å². The molecule has 0 aliphatic heterocycles. The van der Waals surface area contributed by atoms with Gasteiger partial charge in [-0.25, -0.2) is 0 Å². The van der Waals surface area contributed by atoms with Crippen LogP contribution in [-0.2, 0) is 0 Å². The Balaban J connectivity index is 2.01. The van der Waals surface area contributed by atoms with E-state index in [0.717, 1.165) is 4.47 Å². The predicted octanol–water partition coefficient (Wildman–Crippen LogP) is 4.25. The minimum atomic E-state index is -0.378. The summed E-state index contributed by atoms with van der Waals surface area (Å²) >= 11 is 3.35. The summed E-state index contributed by atoms with van der Waals surface area (Å²) in [6.45, 7) is 0. The molecule has 0 amide bonds. The van der Waals surface area contributed by atoms with Gasteiger partial charge in [0.25, 0.3) is 5.56 Å². The molecule has 0 aliphatic carbocycles. The Morgan fingerprint density at radius 2 is 1.82 bits per heavy atom. The van der Waals surface area contributed by atoms with Gasteiger partial charge in [0.2, 0.25) is 0 Å². The fourth-order valence-electron chi connectivity index (χ4n) is 1.96. The number of phenolic OH excluding ortho intramolecular Hbond substituents is 1. The van der Waals surface area contributed by atoms with E-state index >= 15 is 0 Å². The molecule has 7 heteroatoms. The molecule has 0 radical (unpaired) electrons. The van der Waals surface area contributed by atoms with Crippen LogP contribution in [0.4, 0.5) is 11.4 Å². The number of benzene rings is 2. The zero-order valence-corrected chi connectivity index (χ0v) is 12.8. The van der Waals surface area contributed by atoms with Crippen LogP contribution in [0.2, 0.25) is 0 Å². The van der Waals surface area contributed by atoms with Crippen molar-refractivity contribution in [2.75, 3.05) is 0 Å². The van der Waals surface area contributed by atoms with Crippen molar-refractivity contribution in [3.05, 3.63) is 63.4 Å². The first-order valence-electron chi connectivity index (χ1n) is 6.41. The Labute approximate surface area is 133 Å². The van der Waals surface area contributed by atoms with E-state index in [1.807, 2.05) is 12.1 Å². The summed E-state index contributed by atoms with van der Waals surface area (Å²) in [4.78, 5) is 11.9. The molecule has 0 aliphatic rings. The van der Waals surface area contributed by atoms with Gasteiger partial charge in [0.1, 0.15) is 5.75 Å². The van der Waals surface area contributed by atoms with Gasteiger partial charge >= 0.3 is 0 Å². The van der Waals surface area contributed by atoms with Crippen LogP contribution < -0.4 is 5.56 Å². The molecule has 2 aromatic carbocycles. The molecule has 0 saturated carbocycles. The minimum Gasteiger partial charge on any atom is -0.508 e. The number of hydrogen-bond acceptors (Lipinski definition) is 4. The second-order valence-electron chi connectivity index (χ2n) is 4.53. The lowest BCUT2D eigenvalue weighted by molar-refractivity contribution is 0.475. The number of aromatic amines is 2. The lowest BCUT2D eigenvalue weighted by Gasteiger charge is -1.99. The minimum absolute atomic E-state index is 0.106. The van der Waals surface area contributed by atoms with Crippen LogP contribution in [0.15, 0.2) is 68.0 Å². The van der Waals surface area contributed by atoms with Crippen LogP contribution in [0.5, 0.6) is 5.75 Å². The molecule has 3 aromatic rings. The van der Waals surface area contributed by atoms with Crippen LogP contribution in [0.25, 0.3) is 11.3 Å². The van der Waals surface area contributed by atoms with E-state index in [-0.39, 0.29) is 17.0 Å². The fraction of sp³-hybridized carbons (Fsp3) is 0. The maximum Gasteiger partial charge on any atom is 0.292 e. The van der Waals surface area contributed by atoms with Gasteiger partial charge in [0.05, 0.1) is 11.4 Å². The summed E-state index contributed by atoms with van der Waals surface area (Å²) in [5.74, 6) is 0.106. The summed E-state index contributed by atoms with van der Waals surface area (Å²) in [6.07, 6.45) is 0. The second kappa shape index (κ2) is 5.98. The zero-order valence-electron chi connectivity index (χ0n) is 11.2. The molecule has 3 N–H and O–H groups in total. The quantitative estimate of drug-likeness (QED) is 0.610. The number of aromatic nitrogens is 2. The molecule has 0 atom stereocenters. The highest BCUT2D eigenvalue weighted by Gasteiger charge is 2.12. The molecule has 22 heavy (non-hydrogen) atoms. The predicted molar refractivity (Wildman–Crippen MR) is 86.8 cm³/mol. The average molecular weight is 359 g/mol. The third kappa shape index (κ3) is 2.99. The van der Waals surface area contributed by atoms with E-state index in [4.69, 9.17) is 0 Å². The number of aromatic hydroxyl groups is 1. The van der Waals surface area contributed by atoms with Crippen molar-refractivity contribution < 1.29 is 5.11 Å².